The molecule has 0 aromatic carbocycles. The van der Waals surface area contributed by atoms with Gasteiger partial charge in [-0.3, -0.25) is 0 Å². The molecule has 0 amide bonds. The fraction of sp³-hybridized carbons (Fsp3) is 0. The zero-order valence-electron chi connectivity index (χ0n) is 7.89. The Hall–Kier alpha value is -1.86. The molecule has 0 aromatic heterocycles. The van der Waals surface area contributed by atoms with Gasteiger partial charge >= 0.3 is 41.7 Å². The van der Waals surface area contributed by atoms with E-state index in [1.165, 1.54) is 0 Å². The van der Waals surface area contributed by atoms with Gasteiger partial charge in [-0.15, -0.1) is 0 Å². The summed E-state index contributed by atoms with van der Waals surface area (Å²) in [5.41, 5.74) is 0. The van der Waals surface area contributed by atoms with Crippen molar-refractivity contribution in [1.82, 2.24) is 6.15 Å². The molecule has 0 bridgehead atoms. The van der Waals surface area contributed by atoms with E-state index in [9.17, 15) is 0 Å². The second kappa shape index (κ2) is 29.4. The first kappa shape index (κ1) is 36.0. The Kier molecular flexibility index (Phi) is 58.8. The van der Waals surface area contributed by atoms with Crippen LogP contribution in [0.4, 0.5) is 0 Å². The van der Waals surface area contributed by atoms with Crippen molar-refractivity contribution in [1.29, 1.82) is 0 Å². The van der Waals surface area contributed by atoms with E-state index >= 15 is 0 Å². The molecule has 0 saturated carbocycles. The number of hydrogen-bond donors (Lipinski definition) is 1. The summed E-state index contributed by atoms with van der Waals surface area (Å²) in [6, 6.07) is 0. The molecule has 104 valence electrons. The van der Waals surface area contributed by atoms with E-state index in [4.69, 9.17) is 61.3 Å². The van der Waals surface area contributed by atoms with Crippen molar-refractivity contribution in [2.24, 2.45) is 0 Å². The van der Waals surface area contributed by atoms with Gasteiger partial charge in [-0.25, -0.2) is 0 Å². The Bertz CT molecular complexity index is 161. The van der Waals surface area contributed by atoms with Crippen molar-refractivity contribution in [3.63, 3.8) is 0 Å². The summed E-state index contributed by atoms with van der Waals surface area (Å²) >= 11 is 0. The van der Waals surface area contributed by atoms with E-state index in [0.29, 0.717) is 0 Å². The van der Waals surface area contributed by atoms with Crippen LogP contribution in [0.1, 0.15) is 0 Å². The maximum absolute atomic E-state index is 8.25. The van der Waals surface area contributed by atoms with Gasteiger partial charge in [0.05, 0.1) is 20.3 Å². The molecule has 18 heavy (non-hydrogen) atoms. The first-order valence-corrected chi connectivity index (χ1v) is 2.19. The fourth-order valence-electron chi connectivity index (χ4n) is 0. The average Bonchev–Trinajstić information content (AvgIpc) is 1.76. The third kappa shape index (κ3) is 703. The summed E-state index contributed by atoms with van der Waals surface area (Å²) in [6.07, 6.45) is 0. The molecule has 3 N–H and O–H groups in total. The molecule has 0 atom stereocenters. The second-order valence-electron chi connectivity index (χ2n) is 0.894. The fourth-order valence-corrected chi connectivity index (χ4v) is 0. The zero-order valence-corrected chi connectivity index (χ0v) is 11.0. The van der Waals surface area contributed by atoms with E-state index in [-0.39, 0.29) is 47.9 Å². The Morgan fingerprint density at radius 2 is 0.444 bits per heavy atom. The molecule has 0 aliphatic carbocycles. The van der Waals surface area contributed by atoms with E-state index in [1.807, 2.05) is 0 Å². The summed E-state index contributed by atoms with van der Waals surface area (Å²) in [5.74, 6) is 0. The number of hydrogen-bond acceptors (Lipinski definition) is 13. The van der Waals surface area contributed by atoms with Crippen LogP contribution < -0.4 is 6.15 Å². The first-order valence-electron chi connectivity index (χ1n) is 2.19. The molecular formula is H3CeN5O12. The summed E-state index contributed by atoms with van der Waals surface area (Å²) in [7, 11) is 0. The smallest absolute Gasteiger partial charge is 0.356 e. The van der Waals surface area contributed by atoms with Gasteiger partial charge < -0.3 is 67.4 Å². The number of rotatable bonds is 0. The van der Waals surface area contributed by atoms with Crippen LogP contribution in [0.3, 0.4) is 0 Å². The monoisotopic (exact) mass is 405 g/mol. The SMILES string of the molecule is N.O=[N+]([O-])[O-].O=[N+]([O-])[O-].O=[N+]([O-])[O-].O=[N+]([O-])[O-].[Ce+4]. The van der Waals surface area contributed by atoms with E-state index in [1.54, 1.807) is 0 Å². The molecule has 0 rings (SSSR count). The van der Waals surface area contributed by atoms with Gasteiger partial charge in [0.1, 0.15) is 0 Å². The maximum atomic E-state index is 8.25. The van der Waals surface area contributed by atoms with E-state index in [0.717, 1.165) is 0 Å². The summed E-state index contributed by atoms with van der Waals surface area (Å²) in [6.45, 7) is 0. The van der Waals surface area contributed by atoms with E-state index < -0.39 is 20.3 Å². The molecule has 0 unspecified atom stereocenters. The zero-order chi connectivity index (χ0) is 14.3. The maximum Gasteiger partial charge on any atom is 4.00 e. The van der Waals surface area contributed by atoms with E-state index in [2.05, 4.69) is 0 Å². The molecule has 0 fully saturated rings. The van der Waals surface area contributed by atoms with Crippen molar-refractivity contribution in [2.75, 3.05) is 0 Å². The van der Waals surface area contributed by atoms with Crippen molar-refractivity contribution < 1.29 is 62.1 Å². The van der Waals surface area contributed by atoms with Crippen molar-refractivity contribution >= 4 is 0 Å². The van der Waals surface area contributed by atoms with Crippen molar-refractivity contribution in [2.45, 2.75) is 0 Å². The van der Waals surface area contributed by atoms with Crippen LogP contribution in [0.15, 0.2) is 0 Å². The Morgan fingerprint density at radius 1 is 0.444 bits per heavy atom. The van der Waals surface area contributed by atoms with Crippen molar-refractivity contribution in [3.8, 4) is 0 Å². The molecule has 18 heteroatoms. The predicted octanol–water partition coefficient (Wildman–Crippen LogP) is -0.794. The molecule has 17 nitrogen and oxygen atoms in total. The third-order valence-electron chi connectivity index (χ3n) is 0. The largest absolute Gasteiger partial charge is 4.00 e. The van der Waals surface area contributed by atoms with Crippen LogP contribution in [0.25, 0.3) is 0 Å². The summed E-state index contributed by atoms with van der Waals surface area (Å²) in [4.78, 5) is 33.0. The van der Waals surface area contributed by atoms with Crippen LogP contribution in [0.2, 0.25) is 0 Å². The molecule has 0 aromatic rings. The van der Waals surface area contributed by atoms with Gasteiger partial charge in [0.2, 0.25) is 0 Å². The Labute approximate surface area is 129 Å². The molecule has 0 spiro atoms. The molecule has 0 aliphatic rings. The predicted molar refractivity (Wildman–Crippen MR) is 46.5 cm³/mol. The molecule has 0 aliphatic heterocycles. The summed E-state index contributed by atoms with van der Waals surface area (Å²) < 4.78 is 0. The van der Waals surface area contributed by atoms with Gasteiger partial charge in [0.25, 0.3) is 0 Å². The number of nitrogens with zero attached hydrogens (tertiary/aromatic N) is 4. The minimum atomic E-state index is -1.75. The standard InChI is InChI=1S/Ce.4NO3.H3N/c;4*2-1(3)4;/h;;;;;1H3/q+4;4*-1;. The quantitative estimate of drug-likeness (QED) is 0.381. The molecule has 0 heterocycles. The topological polar surface area (TPSA) is 300 Å². The Morgan fingerprint density at radius 3 is 0.444 bits per heavy atom. The van der Waals surface area contributed by atoms with Gasteiger partial charge in [0, 0.05) is 0 Å². The first-order chi connectivity index (χ1) is 6.93. The van der Waals surface area contributed by atoms with Gasteiger partial charge in [-0.1, -0.05) is 0 Å². The van der Waals surface area contributed by atoms with Gasteiger partial charge in [-0.2, -0.15) is 0 Å². The molecular weight excluding hydrogens is 402 g/mol. The second-order valence-corrected chi connectivity index (χ2v) is 0.894. The van der Waals surface area contributed by atoms with Crippen LogP contribution in [0, 0.1) is 103 Å². The third-order valence-corrected chi connectivity index (χ3v) is 0. The van der Waals surface area contributed by atoms with Crippen LogP contribution in [-0.2, 0) is 0 Å². The van der Waals surface area contributed by atoms with Crippen LogP contribution >= 0.6 is 0 Å². The Balaban J connectivity index is -0.0000000257. The van der Waals surface area contributed by atoms with Crippen LogP contribution in [0.5, 0.6) is 0 Å². The van der Waals surface area contributed by atoms with Crippen LogP contribution in [-0.4, -0.2) is 20.3 Å². The van der Waals surface area contributed by atoms with Gasteiger partial charge in [0.15, 0.2) is 0 Å². The summed E-state index contributed by atoms with van der Waals surface area (Å²) in [5, 5.41) is 59.0. The average molecular weight is 405 g/mol. The normalized spacial score (nSPS) is 5.33. The van der Waals surface area contributed by atoms with Gasteiger partial charge in [-0.05, 0) is 0 Å². The van der Waals surface area contributed by atoms with Crippen molar-refractivity contribution in [3.05, 3.63) is 61.3 Å². The molecule has 0 saturated heterocycles. The minimum Gasteiger partial charge on any atom is -0.356 e. The minimum absolute atomic E-state index is 0. The molecule has 0 radical (unpaired) electrons.